The second kappa shape index (κ2) is 12.7. The summed E-state index contributed by atoms with van der Waals surface area (Å²) in [6.07, 6.45) is 0. The number of aryl methyl sites for hydroxylation is 2. The summed E-state index contributed by atoms with van der Waals surface area (Å²) in [7, 11) is -7.40. The van der Waals surface area contributed by atoms with Crippen LogP contribution in [0.15, 0.2) is 107 Å². The van der Waals surface area contributed by atoms with Crippen molar-refractivity contribution >= 4 is 31.2 Å². The van der Waals surface area contributed by atoms with Crippen molar-refractivity contribution in [2.75, 3.05) is 11.5 Å². The van der Waals surface area contributed by atoms with E-state index in [1.54, 1.807) is 48.5 Å². The molecule has 0 atom stereocenters. The van der Waals surface area contributed by atoms with E-state index >= 15 is 0 Å². The maximum absolute atomic E-state index is 12.1. The van der Waals surface area contributed by atoms with E-state index in [1.807, 2.05) is 13.8 Å². The van der Waals surface area contributed by atoms with Crippen LogP contribution in [0.3, 0.4) is 0 Å². The Morgan fingerprint density at radius 3 is 1.12 bits per heavy atom. The van der Waals surface area contributed by atoms with Crippen molar-refractivity contribution in [3.63, 3.8) is 0 Å². The van der Waals surface area contributed by atoms with E-state index in [9.17, 15) is 36.6 Å². The number of phenolic OH excluding ortho intramolecular Hbond substituents is 2. The number of hydrogen-bond acceptors (Lipinski definition) is 8. The molecule has 0 unspecified atom stereocenters. The van der Waals surface area contributed by atoms with E-state index in [1.165, 1.54) is 48.5 Å². The smallest absolute Gasteiger partial charge is 0.185 e. The molecule has 10 heteroatoms. The summed E-state index contributed by atoms with van der Waals surface area (Å²) >= 11 is 0. The monoisotopic (exact) mass is 580 g/mol. The molecule has 0 bridgehead atoms. The Morgan fingerprint density at radius 2 is 0.825 bits per heavy atom. The highest BCUT2D eigenvalue weighted by Crippen LogP contribution is 2.21. The van der Waals surface area contributed by atoms with Gasteiger partial charge in [0.05, 0.1) is 20.9 Å². The van der Waals surface area contributed by atoms with E-state index in [2.05, 4.69) is 0 Å². The number of Topliss-reactive ketones (excluding diaryl/α,β-unsaturated/α-hetero) is 2. The normalized spacial score (nSPS) is 11.2. The van der Waals surface area contributed by atoms with Gasteiger partial charge in [0, 0.05) is 0 Å². The quantitative estimate of drug-likeness (QED) is 0.285. The summed E-state index contributed by atoms with van der Waals surface area (Å²) in [6, 6.07) is 24.4. The number of phenols is 2. The number of carbonyl (C=O) groups is 2. The number of sulfone groups is 2. The van der Waals surface area contributed by atoms with Crippen LogP contribution < -0.4 is 0 Å². The summed E-state index contributed by atoms with van der Waals surface area (Å²) in [4.78, 5) is 24.2. The number of rotatable bonds is 8. The van der Waals surface area contributed by atoms with Crippen molar-refractivity contribution in [3.05, 3.63) is 119 Å². The molecule has 0 radical (unpaired) electrons. The van der Waals surface area contributed by atoms with E-state index in [4.69, 9.17) is 0 Å². The molecule has 2 N–H and O–H groups in total. The first-order chi connectivity index (χ1) is 18.8. The number of ketones is 2. The maximum Gasteiger partial charge on any atom is 0.185 e. The van der Waals surface area contributed by atoms with Crippen LogP contribution in [0.4, 0.5) is 0 Å². The van der Waals surface area contributed by atoms with E-state index in [0.717, 1.165) is 11.1 Å². The standard InChI is InChI=1S/2C15H14O4S/c2*1-11-6-8-12(9-7-11)20(18,19)10-15(17)13-4-2-3-5-14(13)16/h2*2-9,16H,10H2,1H3. The zero-order valence-corrected chi connectivity index (χ0v) is 23.4. The highest BCUT2D eigenvalue weighted by Gasteiger charge is 2.23. The molecular weight excluding hydrogens is 552 g/mol. The molecule has 0 spiro atoms. The van der Waals surface area contributed by atoms with Gasteiger partial charge in [-0.05, 0) is 62.4 Å². The van der Waals surface area contributed by atoms with E-state index < -0.39 is 42.7 Å². The third kappa shape index (κ3) is 7.87. The van der Waals surface area contributed by atoms with Gasteiger partial charge in [0.15, 0.2) is 31.2 Å². The molecular formula is C30H28O8S2. The molecule has 0 heterocycles. The first-order valence-electron chi connectivity index (χ1n) is 12.0. The maximum atomic E-state index is 12.1. The molecule has 0 aliphatic carbocycles. The first-order valence-corrected chi connectivity index (χ1v) is 15.3. The van der Waals surface area contributed by atoms with E-state index in [0.29, 0.717) is 0 Å². The van der Waals surface area contributed by atoms with Gasteiger partial charge in [0.1, 0.15) is 23.0 Å². The largest absolute Gasteiger partial charge is 0.507 e. The fraction of sp³-hybridized carbons (Fsp3) is 0.133. The van der Waals surface area contributed by atoms with Crippen LogP contribution in [0.1, 0.15) is 31.8 Å². The fourth-order valence-electron chi connectivity index (χ4n) is 3.58. The van der Waals surface area contributed by atoms with Gasteiger partial charge in [-0.3, -0.25) is 9.59 Å². The van der Waals surface area contributed by atoms with Gasteiger partial charge in [-0.15, -0.1) is 0 Å². The lowest BCUT2D eigenvalue weighted by Crippen LogP contribution is -2.16. The third-order valence-corrected chi connectivity index (χ3v) is 9.08. The number of hydrogen-bond donors (Lipinski definition) is 2. The SMILES string of the molecule is Cc1ccc(S(=O)(=O)CC(=O)c2ccccc2O)cc1.Cc1ccc(S(=O)(=O)CC(=O)c2ccccc2O)cc1. The van der Waals surface area contributed by atoms with Crippen LogP contribution >= 0.6 is 0 Å². The Labute approximate surface area is 233 Å². The van der Waals surface area contributed by atoms with Crippen LogP contribution in [0.25, 0.3) is 0 Å². The van der Waals surface area contributed by atoms with Crippen molar-refractivity contribution in [1.29, 1.82) is 0 Å². The molecule has 0 fully saturated rings. The molecule has 0 aliphatic rings. The molecule has 40 heavy (non-hydrogen) atoms. The molecule has 0 saturated heterocycles. The minimum atomic E-state index is -3.70. The lowest BCUT2D eigenvalue weighted by atomic mass is 10.1. The van der Waals surface area contributed by atoms with Crippen LogP contribution in [-0.4, -0.2) is 50.1 Å². The van der Waals surface area contributed by atoms with Gasteiger partial charge in [0.2, 0.25) is 0 Å². The van der Waals surface area contributed by atoms with Crippen LogP contribution in [0.2, 0.25) is 0 Å². The molecule has 0 aliphatic heterocycles. The molecule has 208 valence electrons. The van der Waals surface area contributed by atoms with Gasteiger partial charge in [0.25, 0.3) is 0 Å². The molecule has 4 aromatic rings. The van der Waals surface area contributed by atoms with Gasteiger partial charge in [-0.25, -0.2) is 16.8 Å². The van der Waals surface area contributed by atoms with Crippen molar-refractivity contribution < 1.29 is 36.6 Å². The Bertz CT molecular complexity index is 1590. The number of aromatic hydroxyl groups is 2. The summed E-state index contributed by atoms with van der Waals surface area (Å²) in [5, 5.41) is 19.1. The highest BCUT2D eigenvalue weighted by molar-refractivity contribution is 7.92. The van der Waals surface area contributed by atoms with Crippen molar-refractivity contribution in [1.82, 2.24) is 0 Å². The molecule has 8 nitrogen and oxygen atoms in total. The number of benzene rings is 4. The van der Waals surface area contributed by atoms with Crippen molar-refractivity contribution in [2.45, 2.75) is 23.6 Å². The second-order valence-electron chi connectivity index (χ2n) is 9.02. The van der Waals surface area contributed by atoms with Gasteiger partial charge < -0.3 is 10.2 Å². The van der Waals surface area contributed by atoms with Gasteiger partial charge >= 0.3 is 0 Å². The molecule has 0 aromatic heterocycles. The van der Waals surface area contributed by atoms with Crippen LogP contribution in [0, 0.1) is 13.8 Å². The average molecular weight is 581 g/mol. The fourth-order valence-corrected chi connectivity index (χ4v) is 6.01. The lowest BCUT2D eigenvalue weighted by Gasteiger charge is -2.06. The summed E-state index contributed by atoms with van der Waals surface area (Å²) in [6.45, 7) is 3.70. The first kappa shape index (κ1) is 30.3. The Kier molecular flexibility index (Phi) is 9.62. The van der Waals surface area contributed by atoms with Crippen LogP contribution in [0.5, 0.6) is 11.5 Å². The van der Waals surface area contributed by atoms with E-state index in [-0.39, 0.29) is 32.4 Å². The molecule has 0 saturated carbocycles. The van der Waals surface area contributed by atoms with Gasteiger partial charge in [-0.1, -0.05) is 59.7 Å². The predicted molar refractivity (Wildman–Crippen MR) is 151 cm³/mol. The zero-order chi connectivity index (χ0) is 29.5. The van der Waals surface area contributed by atoms with Gasteiger partial charge in [-0.2, -0.15) is 0 Å². The highest BCUT2D eigenvalue weighted by atomic mass is 32.2. The molecule has 4 aromatic carbocycles. The van der Waals surface area contributed by atoms with Crippen molar-refractivity contribution in [3.8, 4) is 11.5 Å². The second-order valence-corrected chi connectivity index (χ2v) is 13.0. The average Bonchev–Trinajstić information content (AvgIpc) is 2.89. The Balaban J connectivity index is 0.000000220. The molecule has 4 rings (SSSR count). The van der Waals surface area contributed by atoms with Crippen LogP contribution in [-0.2, 0) is 19.7 Å². The summed E-state index contributed by atoms with van der Waals surface area (Å²) in [5.74, 6) is -2.98. The molecule has 0 amide bonds. The zero-order valence-electron chi connectivity index (χ0n) is 21.8. The number of carbonyl (C=O) groups excluding carboxylic acids is 2. The summed E-state index contributed by atoms with van der Waals surface area (Å²) < 4.78 is 48.5. The minimum Gasteiger partial charge on any atom is -0.507 e. The Hall–Kier alpha value is -4.28. The predicted octanol–water partition coefficient (Wildman–Crippen LogP) is 4.71. The Morgan fingerprint density at radius 1 is 0.525 bits per heavy atom. The third-order valence-electron chi connectivity index (χ3n) is 5.81. The van der Waals surface area contributed by atoms with Crippen molar-refractivity contribution in [2.24, 2.45) is 0 Å². The topological polar surface area (TPSA) is 143 Å². The number of para-hydroxylation sites is 2. The summed E-state index contributed by atoms with van der Waals surface area (Å²) in [5.41, 5.74) is 1.92. The minimum absolute atomic E-state index is 0.0168. The lowest BCUT2D eigenvalue weighted by molar-refractivity contribution is 0.100.